The lowest BCUT2D eigenvalue weighted by atomic mass is 10.0. The summed E-state index contributed by atoms with van der Waals surface area (Å²) in [6, 6.07) is 14.0. The molecule has 1 heterocycles. The highest BCUT2D eigenvalue weighted by Crippen LogP contribution is 2.25. The Balaban J connectivity index is 1.76. The topological polar surface area (TPSA) is 78.0 Å². The third-order valence-corrected chi connectivity index (χ3v) is 4.80. The van der Waals surface area contributed by atoms with Crippen LogP contribution in [0.4, 0.5) is 0 Å². The Hall–Kier alpha value is -2.15. The van der Waals surface area contributed by atoms with Gasteiger partial charge < -0.3 is 10.4 Å². The lowest BCUT2D eigenvalue weighted by Gasteiger charge is -2.20. The molecule has 0 fully saturated rings. The zero-order valence-electron chi connectivity index (χ0n) is 13.9. The first-order valence-electron chi connectivity index (χ1n) is 7.99. The van der Waals surface area contributed by atoms with Gasteiger partial charge in [0.2, 0.25) is 0 Å². The van der Waals surface area contributed by atoms with E-state index < -0.39 is 12.1 Å². The van der Waals surface area contributed by atoms with E-state index in [0.717, 1.165) is 15.6 Å². The molecule has 0 aliphatic rings. The second-order valence-corrected chi connectivity index (χ2v) is 7.28. The lowest BCUT2D eigenvalue weighted by Crippen LogP contribution is -2.37. The van der Waals surface area contributed by atoms with Crippen molar-refractivity contribution >= 4 is 33.4 Å². The van der Waals surface area contributed by atoms with Crippen molar-refractivity contribution in [2.45, 2.75) is 19.1 Å². The number of aliphatic hydroxyl groups excluding tert-OH is 1. The normalized spacial score (nSPS) is 13.2. The monoisotopic (exact) mass is 433 g/mol. The number of H-pyrrole nitrogens is 1. The number of aliphatic hydroxyl groups is 1. The molecule has 0 spiro atoms. The third kappa shape index (κ3) is 4.15. The first-order chi connectivity index (χ1) is 12.5. The molecule has 134 valence electrons. The van der Waals surface area contributed by atoms with Crippen LogP contribution in [0.3, 0.4) is 0 Å². The van der Waals surface area contributed by atoms with Crippen LogP contribution in [0.5, 0.6) is 0 Å². The fourth-order valence-corrected chi connectivity index (χ4v) is 3.09. The maximum atomic E-state index is 12.7. The summed E-state index contributed by atoms with van der Waals surface area (Å²) < 4.78 is 0.926. The SMILES string of the molecule is CC(NC(=O)c1cn[nH]c1-c1cccc(Cl)c1)C(O)c1ccc(Br)cc1. The van der Waals surface area contributed by atoms with Gasteiger partial charge in [-0.05, 0) is 36.8 Å². The summed E-state index contributed by atoms with van der Waals surface area (Å²) in [6.07, 6.45) is 0.637. The van der Waals surface area contributed by atoms with Crippen molar-refractivity contribution in [1.82, 2.24) is 15.5 Å². The van der Waals surface area contributed by atoms with Crippen molar-refractivity contribution in [2.75, 3.05) is 0 Å². The highest BCUT2D eigenvalue weighted by molar-refractivity contribution is 9.10. The summed E-state index contributed by atoms with van der Waals surface area (Å²) in [5.41, 5.74) is 2.46. The van der Waals surface area contributed by atoms with Gasteiger partial charge in [0.1, 0.15) is 0 Å². The van der Waals surface area contributed by atoms with Crippen LogP contribution in [-0.2, 0) is 0 Å². The summed E-state index contributed by atoms with van der Waals surface area (Å²) in [6.45, 7) is 1.75. The molecule has 0 aliphatic carbocycles. The first-order valence-corrected chi connectivity index (χ1v) is 9.16. The van der Waals surface area contributed by atoms with Crippen LogP contribution < -0.4 is 5.32 Å². The lowest BCUT2D eigenvalue weighted by molar-refractivity contribution is 0.0852. The standard InChI is InChI=1S/C19H17BrClN3O2/c1-11(18(25)12-5-7-14(20)8-6-12)23-19(26)16-10-22-24-17(16)13-3-2-4-15(21)9-13/h2-11,18,25H,1H3,(H,22,24)(H,23,26). The van der Waals surface area contributed by atoms with Gasteiger partial charge in [0.15, 0.2) is 0 Å². The van der Waals surface area contributed by atoms with Gasteiger partial charge in [0.25, 0.3) is 5.91 Å². The van der Waals surface area contributed by atoms with Gasteiger partial charge in [-0.3, -0.25) is 9.89 Å². The molecule has 0 radical (unpaired) electrons. The van der Waals surface area contributed by atoms with Gasteiger partial charge in [-0.25, -0.2) is 0 Å². The van der Waals surface area contributed by atoms with Crippen molar-refractivity contribution in [1.29, 1.82) is 0 Å². The molecule has 2 atom stereocenters. The number of carbonyl (C=O) groups excluding carboxylic acids is 1. The number of carbonyl (C=O) groups is 1. The van der Waals surface area contributed by atoms with Gasteiger partial charge in [-0.1, -0.05) is 51.8 Å². The number of nitrogens with zero attached hydrogens (tertiary/aromatic N) is 1. The van der Waals surface area contributed by atoms with Crippen molar-refractivity contribution in [2.24, 2.45) is 0 Å². The molecule has 1 amide bonds. The molecule has 3 aromatic rings. The Morgan fingerprint density at radius 2 is 2.00 bits per heavy atom. The van der Waals surface area contributed by atoms with Crippen molar-refractivity contribution < 1.29 is 9.90 Å². The minimum atomic E-state index is -0.825. The number of aromatic nitrogens is 2. The maximum Gasteiger partial charge on any atom is 0.255 e. The fourth-order valence-electron chi connectivity index (χ4n) is 2.63. The predicted molar refractivity (Wildman–Crippen MR) is 105 cm³/mol. The first kappa shape index (κ1) is 18.6. The number of hydrogen-bond acceptors (Lipinski definition) is 3. The molecule has 0 aliphatic heterocycles. The second kappa shape index (κ2) is 8.03. The summed E-state index contributed by atoms with van der Waals surface area (Å²) >= 11 is 9.39. The Bertz CT molecular complexity index is 911. The average molecular weight is 435 g/mol. The molecule has 2 aromatic carbocycles. The van der Waals surface area contributed by atoms with Gasteiger partial charge in [-0.2, -0.15) is 5.10 Å². The Morgan fingerprint density at radius 1 is 1.27 bits per heavy atom. The van der Waals surface area contributed by atoms with E-state index >= 15 is 0 Å². The summed E-state index contributed by atoms with van der Waals surface area (Å²) in [7, 11) is 0. The number of rotatable bonds is 5. The number of benzene rings is 2. The van der Waals surface area contributed by atoms with Gasteiger partial charge in [0, 0.05) is 15.1 Å². The smallest absolute Gasteiger partial charge is 0.255 e. The van der Waals surface area contributed by atoms with E-state index in [1.54, 1.807) is 25.1 Å². The Kier molecular flexibility index (Phi) is 5.76. The molecule has 0 saturated carbocycles. The zero-order valence-corrected chi connectivity index (χ0v) is 16.3. The highest BCUT2D eigenvalue weighted by atomic mass is 79.9. The molecule has 26 heavy (non-hydrogen) atoms. The van der Waals surface area contributed by atoms with Crippen LogP contribution in [0, 0.1) is 0 Å². The molecule has 3 rings (SSSR count). The van der Waals surface area contributed by atoms with E-state index in [0.29, 0.717) is 16.3 Å². The number of halogens is 2. The van der Waals surface area contributed by atoms with E-state index in [2.05, 4.69) is 31.4 Å². The number of aromatic amines is 1. The molecule has 2 unspecified atom stereocenters. The van der Waals surface area contributed by atoms with Crippen molar-refractivity contribution in [3.63, 3.8) is 0 Å². The zero-order chi connectivity index (χ0) is 18.7. The number of hydrogen-bond donors (Lipinski definition) is 3. The van der Waals surface area contributed by atoms with Crippen LogP contribution in [-0.4, -0.2) is 27.3 Å². The molecular formula is C19H17BrClN3O2. The predicted octanol–water partition coefficient (Wildman–Crippen LogP) is 4.34. The number of nitrogens with one attached hydrogen (secondary N) is 2. The number of amides is 1. The molecule has 0 saturated heterocycles. The fraction of sp³-hybridized carbons (Fsp3) is 0.158. The molecule has 0 bridgehead atoms. The maximum absolute atomic E-state index is 12.7. The van der Waals surface area contributed by atoms with Crippen molar-refractivity contribution in [3.05, 3.63) is 75.4 Å². The average Bonchev–Trinajstić information content (AvgIpc) is 3.11. The molecule has 1 aromatic heterocycles. The molecule has 7 heteroatoms. The van der Waals surface area contributed by atoms with E-state index in [1.807, 2.05) is 30.3 Å². The van der Waals surface area contributed by atoms with Crippen LogP contribution in [0.15, 0.2) is 59.2 Å². The van der Waals surface area contributed by atoms with E-state index in [-0.39, 0.29) is 5.91 Å². The van der Waals surface area contributed by atoms with Crippen LogP contribution in [0.1, 0.15) is 28.9 Å². The molecular weight excluding hydrogens is 418 g/mol. The highest BCUT2D eigenvalue weighted by Gasteiger charge is 2.22. The Morgan fingerprint density at radius 3 is 2.69 bits per heavy atom. The van der Waals surface area contributed by atoms with Crippen LogP contribution in [0.25, 0.3) is 11.3 Å². The quantitative estimate of drug-likeness (QED) is 0.559. The summed E-state index contributed by atoms with van der Waals surface area (Å²) in [5.74, 6) is -0.322. The minimum Gasteiger partial charge on any atom is -0.386 e. The minimum absolute atomic E-state index is 0.322. The van der Waals surface area contributed by atoms with Crippen LogP contribution in [0.2, 0.25) is 5.02 Å². The van der Waals surface area contributed by atoms with Crippen molar-refractivity contribution in [3.8, 4) is 11.3 Å². The largest absolute Gasteiger partial charge is 0.386 e. The summed E-state index contributed by atoms with van der Waals surface area (Å²) in [4.78, 5) is 12.7. The van der Waals surface area contributed by atoms with Crippen LogP contribution >= 0.6 is 27.5 Å². The van der Waals surface area contributed by atoms with Gasteiger partial charge >= 0.3 is 0 Å². The third-order valence-electron chi connectivity index (χ3n) is 4.04. The molecule has 3 N–H and O–H groups in total. The second-order valence-electron chi connectivity index (χ2n) is 5.93. The van der Waals surface area contributed by atoms with Gasteiger partial charge in [-0.15, -0.1) is 0 Å². The van der Waals surface area contributed by atoms with E-state index in [1.165, 1.54) is 6.20 Å². The van der Waals surface area contributed by atoms with Gasteiger partial charge in [0.05, 0.1) is 29.6 Å². The summed E-state index contributed by atoms with van der Waals surface area (Å²) in [5, 5.41) is 20.7. The Labute approximate surface area is 164 Å². The molecule has 5 nitrogen and oxygen atoms in total. The van der Waals surface area contributed by atoms with E-state index in [4.69, 9.17) is 11.6 Å². The van der Waals surface area contributed by atoms with E-state index in [9.17, 15) is 9.90 Å².